The van der Waals surface area contributed by atoms with Gasteiger partial charge in [0, 0.05) is 12.5 Å². The molecule has 0 spiro atoms. The molecule has 1 aliphatic rings. The van der Waals surface area contributed by atoms with E-state index in [1.807, 2.05) is 6.92 Å². The van der Waals surface area contributed by atoms with Gasteiger partial charge in [0.1, 0.15) is 0 Å². The predicted octanol–water partition coefficient (Wildman–Crippen LogP) is 0.404. The van der Waals surface area contributed by atoms with Gasteiger partial charge in [-0.1, -0.05) is 0 Å². The van der Waals surface area contributed by atoms with E-state index in [1.54, 1.807) is 0 Å². The van der Waals surface area contributed by atoms with Crippen LogP contribution in [0.5, 0.6) is 0 Å². The van der Waals surface area contributed by atoms with E-state index in [4.69, 9.17) is 9.84 Å². The molecule has 2 heteroatoms. The highest BCUT2D eigenvalue weighted by atomic mass is 16.5. The van der Waals surface area contributed by atoms with Crippen LogP contribution in [0.3, 0.4) is 0 Å². The summed E-state index contributed by atoms with van der Waals surface area (Å²) in [5, 5.41) is 8.60. The predicted molar refractivity (Wildman–Crippen MR) is 30.6 cm³/mol. The summed E-state index contributed by atoms with van der Waals surface area (Å²) in [7, 11) is 0. The molecule has 48 valence electrons. The van der Waals surface area contributed by atoms with Crippen LogP contribution in [0.1, 0.15) is 13.3 Å². The van der Waals surface area contributed by atoms with Gasteiger partial charge >= 0.3 is 0 Å². The third-order valence-electron chi connectivity index (χ3n) is 1.54. The van der Waals surface area contributed by atoms with Crippen molar-refractivity contribution in [3.05, 3.63) is 0 Å². The van der Waals surface area contributed by atoms with Crippen LogP contribution >= 0.6 is 0 Å². The Morgan fingerprint density at radius 3 is 2.75 bits per heavy atom. The second-order valence-electron chi connectivity index (χ2n) is 2.43. The number of rotatable bonds is 1. The van der Waals surface area contributed by atoms with Crippen molar-refractivity contribution in [2.75, 3.05) is 13.2 Å². The van der Waals surface area contributed by atoms with Crippen LogP contribution < -0.4 is 0 Å². The van der Waals surface area contributed by atoms with Crippen molar-refractivity contribution in [2.24, 2.45) is 5.92 Å². The second-order valence-corrected chi connectivity index (χ2v) is 2.43. The van der Waals surface area contributed by atoms with Gasteiger partial charge in [-0.15, -0.1) is 0 Å². The topological polar surface area (TPSA) is 29.5 Å². The second kappa shape index (κ2) is 2.46. The molecular weight excluding hydrogens is 104 g/mol. The Morgan fingerprint density at radius 2 is 2.50 bits per heavy atom. The fourth-order valence-corrected chi connectivity index (χ4v) is 1.03. The van der Waals surface area contributed by atoms with E-state index >= 15 is 0 Å². The largest absolute Gasteiger partial charge is 0.396 e. The fraction of sp³-hybridized carbons (Fsp3) is 1.00. The number of hydrogen-bond donors (Lipinski definition) is 1. The van der Waals surface area contributed by atoms with E-state index in [1.165, 1.54) is 0 Å². The van der Waals surface area contributed by atoms with Crippen LogP contribution in [-0.2, 0) is 4.74 Å². The molecule has 0 saturated carbocycles. The van der Waals surface area contributed by atoms with E-state index in [0.29, 0.717) is 12.0 Å². The van der Waals surface area contributed by atoms with Crippen LogP contribution in [-0.4, -0.2) is 24.4 Å². The van der Waals surface area contributed by atoms with Crippen LogP contribution in [0.4, 0.5) is 0 Å². The van der Waals surface area contributed by atoms with Gasteiger partial charge in [-0.05, 0) is 13.3 Å². The summed E-state index contributed by atoms with van der Waals surface area (Å²) in [5.41, 5.74) is 0. The van der Waals surface area contributed by atoms with Gasteiger partial charge in [-0.25, -0.2) is 0 Å². The minimum Gasteiger partial charge on any atom is -0.396 e. The van der Waals surface area contributed by atoms with Gasteiger partial charge in [0.05, 0.1) is 12.7 Å². The molecular formula is C6H12O2. The summed E-state index contributed by atoms with van der Waals surface area (Å²) in [6, 6.07) is 0. The number of aliphatic hydroxyl groups is 1. The Labute approximate surface area is 49.5 Å². The minimum absolute atomic E-state index is 0.282. The number of hydrogen-bond acceptors (Lipinski definition) is 2. The highest BCUT2D eigenvalue weighted by Gasteiger charge is 2.20. The zero-order valence-corrected chi connectivity index (χ0v) is 5.13. The van der Waals surface area contributed by atoms with Crippen molar-refractivity contribution in [2.45, 2.75) is 19.4 Å². The molecule has 0 aliphatic carbocycles. The zero-order chi connectivity index (χ0) is 5.98. The van der Waals surface area contributed by atoms with Crippen molar-refractivity contribution in [3.8, 4) is 0 Å². The van der Waals surface area contributed by atoms with E-state index in [-0.39, 0.29) is 6.61 Å². The average Bonchev–Trinajstić information content (AvgIpc) is 2.14. The molecule has 1 saturated heterocycles. The minimum atomic E-state index is 0.282. The van der Waals surface area contributed by atoms with E-state index in [2.05, 4.69) is 0 Å². The van der Waals surface area contributed by atoms with Crippen LogP contribution in [0.25, 0.3) is 0 Å². The first-order valence-corrected chi connectivity index (χ1v) is 3.05. The number of ether oxygens (including phenoxy) is 1. The first kappa shape index (κ1) is 6.05. The van der Waals surface area contributed by atoms with E-state index < -0.39 is 0 Å². The Morgan fingerprint density at radius 1 is 1.75 bits per heavy atom. The molecule has 0 radical (unpaired) electrons. The molecule has 1 heterocycles. The van der Waals surface area contributed by atoms with E-state index in [9.17, 15) is 0 Å². The van der Waals surface area contributed by atoms with Gasteiger partial charge < -0.3 is 9.84 Å². The number of aliphatic hydroxyl groups excluding tert-OH is 1. The Hall–Kier alpha value is -0.0800. The zero-order valence-electron chi connectivity index (χ0n) is 5.13. The van der Waals surface area contributed by atoms with Crippen molar-refractivity contribution in [1.29, 1.82) is 0 Å². The lowest BCUT2D eigenvalue weighted by molar-refractivity contribution is 0.113. The highest BCUT2D eigenvalue weighted by Crippen LogP contribution is 2.17. The molecule has 1 rings (SSSR count). The first-order chi connectivity index (χ1) is 3.83. The molecule has 0 amide bonds. The normalized spacial score (nSPS) is 38.2. The maximum absolute atomic E-state index is 8.60. The summed E-state index contributed by atoms with van der Waals surface area (Å²) in [6.07, 6.45) is 1.39. The van der Waals surface area contributed by atoms with Crippen molar-refractivity contribution >= 4 is 0 Å². The van der Waals surface area contributed by atoms with Gasteiger partial charge in [0.2, 0.25) is 0 Å². The smallest absolute Gasteiger partial charge is 0.0551 e. The highest BCUT2D eigenvalue weighted by molar-refractivity contribution is 4.68. The van der Waals surface area contributed by atoms with Gasteiger partial charge in [0.25, 0.3) is 0 Å². The lowest BCUT2D eigenvalue weighted by Gasteiger charge is -1.98. The van der Waals surface area contributed by atoms with Crippen LogP contribution in [0, 0.1) is 5.92 Å². The van der Waals surface area contributed by atoms with Crippen LogP contribution in [0.15, 0.2) is 0 Å². The Balaban J connectivity index is 2.22. The molecule has 1 fully saturated rings. The summed E-state index contributed by atoms with van der Waals surface area (Å²) in [5.74, 6) is 0.407. The van der Waals surface area contributed by atoms with E-state index in [0.717, 1.165) is 13.0 Å². The molecule has 8 heavy (non-hydrogen) atoms. The molecule has 2 nitrogen and oxygen atoms in total. The third-order valence-corrected chi connectivity index (χ3v) is 1.54. The Kier molecular flexibility index (Phi) is 1.86. The maximum Gasteiger partial charge on any atom is 0.0551 e. The average molecular weight is 116 g/mol. The summed E-state index contributed by atoms with van der Waals surface area (Å²) >= 11 is 0. The van der Waals surface area contributed by atoms with Crippen LogP contribution in [0.2, 0.25) is 0 Å². The SMILES string of the molecule is C[C@@H]1C[C@H](CO)CO1. The summed E-state index contributed by atoms with van der Waals surface area (Å²) < 4.78 is 5.20. The third kappa shape index (κ3) is 1.20. The standard InChI is InChI=1S/C6H12O2/c1-5-2-6(3-7)4-8-5/h5-7H,2-4H2,1H3/t5-,6-/m1/s1. The monoisotopic (exact) mass is 116 g/mol. The Bertz CT molecular complexity index is 72.9. The van der Waals surface area contributed by atoms with Gasteiger partial charge in [-0.3, -0.25) is 0 Å². The lowest BCUT2D eigenvalue weighted by Crippen LogP contribution is -2.03. The molecule has 0 aromatic rings. The molecule has 0 aromatic heterocycles. The molecule has 0 bridgehead atoms. The molecule has 0 aromatic carbocycles. The van der Waals surface area contributed by atoms with Gasteiger partial charge in [0.15, 0.2) is 0 Å². The van der Waals surface area contributed by atoms with Crippen molar-refractivity contribution in [1.82, 2.24) is 0 Å². The first-order valence-electron chi connectivity index (χ1n) is 3.05. The fourth-order valence-electron chi connectivity index (χ4n) is 1.03. The maximum atomic E-state index is 8.60. The summed E-state index contributed by atoms with van der Waals surface area (Å²) in [6.45, 7) is 3.07. The molecule has 1 N–H and O–H groups in total. The molecule has 2 atom stereocenters. The lowest BCUT2D eigenvalue weighted by atomic mass is 10.1. The summed E-state index contributed by atoms with van der Waals surface area (Å²) in [4.78, 5) is 0. The van der Waals surface area contributed by atoms with Crippen molar-refractivity contribution < 1.29 is 9.84 Å². The molecule has 0 unspecified atom stereocenters. The van der Waals surface area contributed by atoms with Gasteiger partial charge in [-0.2, -0.15) is 0 Å². The van der Waals surface area contributed by atoms with Crippen molar-refractivity contribution in [3.63, 3.8) is 0 Å². The molecule has 1 aliphatic heterocycles. The quantitative estimate of drug-likeness (QED) is 0.537.